The first-order valence-corrected chi connectivity index (χ1v) is 39.8. The Kier molecular flexibility index (Phi) is 65.1. The maximum absolute atomic E-state index is 13.0. The van der Waals surface area contributed by atoms with Gasteiger partial charge in [0, 0.05) is 25.7 Å². The van der Waals surface area contributed by atoms with Crippen LogP contribution >= 0.6 is 15.6 Å². The fourth-order valence-corrected chi connectivity index (χ4v) is 11.2. The molecule has 544 valence electrons. The SMILES string of the molecule is CC/C=C\C/C=C\C/C=C\CCCCCCCC(=O)OCC(COP(=O)(O)OCC(O)COP(=O)(O)OCC(COC(=O)CCCCCCC/C=C\CCCCCC)OC(=O)CCCCCCC/C=C\CCCC)OC(=O)CCCCCCC/C=C\C/C=C\CCCCC. The standard InChI is InChI=1S/C75H132O17P2/c1-5-9-13-17-21-25-29-32-34-37-41-44-48-52-56-60-73(78)86-66-71(92-75(80)62-58-54-50-46-42-38-35-33-30-26-22-18-14-10-6-2)68-90-94(83,84)88-64-69(76)63-87-93(81,82)89-67-70(91-74(79)61-57-53-49-45-39-28-24-20-16-12-8-4)65-85-72(77)59-55-51-47-43-40-36-31-27-23-19-15-11-7-3/h9,13,20-22,24-27,31-35,69-71,76H,5-8,10-12,14-19,23,28-30,36-68H2,1-4H3,(H,81,82)(H,83,84)/b13-9-,24-20-,25-21-,26-22-,31-27-,34-32-,35-33-. The third kappa shape index (κ3) is 66.8. The van der Waals surface area contributed by atoms with E-state index in [0.717, 1.165) is 173 Å². The Morgan fingerprint density at radius 3 is 0.915 bits per heavy atom. The van der Waals surface area contributed by atoms with Gasteiger partial charge < -0.3 is 33.8 Å². The lowest BCUT2D eigenvalue weighted by Gasteiger charge is -2.21. The number of allylic oxidation sites excluding steroid dienone is 14. The minimum Gasteiger partial charge on any atom is -0.462 e. The number of esters is 4. The second-order valence-electron chi connectivity index (χ2n) is 24.5. The monoisotopic (exact) mass is 1370 g/mol. The van der Waals surface area contributed by atoms with E-state index < -0.39 is 97.5 Å². The molecule has 0 bridgehead atoms. The number of hydrogen-bond acceptors (Lipinski definition) is 15. The first-order chi connectivity index (χ1) is 45.7. The zero-order chi connectivity index (χ0) is 69.0. The Balaban J connectivity index is 5.35. The molecule has 17 nitrogen and oxygen atoms in total. The molecule has 0 heterocycles. The van der Waals surface area contributed by atoms with Crippen LogP contribution in [0.15, 0.2) is 85.1 Å². The van der Waals surface area contributed by atoms with E-state index in [9.17, 15) is 43.2 Å². The zero-order valence-corrected chi connectivity index (χ0v) is 60.9. The van der Waals surface area contributed by atoms with Crippen molar-refractivity contribution in [1.82, 2.24) is 0 Å². The van der Waals surface area contributed by atoms with Crippen molar-refractivity contribution in [3.63, 3.8) is 0 Å². The van der Waals surface area contributed by atoms with Crippen molar-refractivity contribution in [2.24, 2.45) is 0 Å². The molecule has 0 aliphatic rings. The molecule has 0 radical (unpaired) electrons. The number of aliphatic hydroxyl groups excluding tert-OH is 1. The second-order valence-corrected chi connectivity index (χ2v) is 27.4. The summed E-state index contributed by atoms with van der Waals surface area (Å²) >= 11 is 0. The number of phosphoric ester groups is 2. The maximum atomic E-state index is 13.0. The number of aliphatic hydroxyl groups is 1. The summed E-state index contributed by atoms with van der Waals surface area (Å²) in [6, 6.07) is 0. The van der Waals surface area contributed by atoms with Crippen molar-refractivity contribution >= 4 is 39.5 Å². The lowest BCUT2D eigenvalue weighted by molar-refractivity contribution is -0.161. The first-order valence-electron chi connectivity index (χ1n) is 36.8. The molecule has 0 aromatic carbocycles. The first kappa shape index (κ1) is 90.2. The van der Waals surface area contributed by atoms with Crippen LogP contribution in [0.25, 0.3) is 0 Å². The van der Waals surface area contributed by atoms with E-state index in [4.69, 9.17) is 37.0 Å². The maximum Gasteiger partial charge on any atom is 0.472 e. The highest BCUT2D eigenvalue weighted by Gasteiger charge is 2.30. The van der Waals surface area contributed by atoms with Crippen molar-refractivity contribution in [2.75, 3.05) is 39.6 Å². The Morgan fingerprint density at radius 2 is 0.564 bits per heavy atom. The summed E-state index contributed by atoms with van der Waals surface area (Å²) in [4.78, 5) is 72.7. The van der Waals surface area contributed by atoms with Gasteiger partial charge in [0.1, 0.15) is 19.3 Å². The molecular weight excluding hydrogens is 1230 g/mol. The topological polar surface area (TPSA) is 237 Å². The molecule has 0 rings (SSSR count). The molecule has 0 aliphatic heterocycles. The Bertz CT molecular complexity index is 2120. The largest absolute Gasteiger partial charge is 0.472 e. The minimum atomic E-state index is -4.98. The number of ether oxygens (including phenoxy) is 4. The van der Waals surface area contributed by atoms with E-state index in [-0.39, 0.29) is 25.7 Å². The molecule has 0 spiro atoms. The predicted molar refractivity (Wildman–Crippen MR) is 381 cm³/mol. The van der Waals surface area contributed by atoms with Gasteiger partial charge in [-0.1, -0.05) is 235 Å². The molecule has 5 atom stereocenters. The molecule has 0 amide bonds. The van der Waals surface area contributed by atoms with Crippen LogP contribution in [-0.2, 0) is 65.4 Å². The molecule has 19 heteroatoms. The highest BCUT2D eigenvalue weighted by molar-refractivity contribution is 7.47. The fraction of sp³-hybridized carbons (Fsp3) is 0.760. The van der Waals surface area contributed by atoms with E-state index >= 15 is 0 Å². The van der Waals surface area contributed by atoms with Crippen molar-refractivity contribution < 1.29 is 80.2 Å². The summed E-state index contributed by atoms with van der Waals surface area (Å²) in [5.74, 6) is -2.22. The Labute approximate surface area is 570 Å². The van der Waals surface area contributed by atoms with Crippen LogP contribution in [0.2, 0.25) is 0 Å². The molecule has 0 aromatic rings. The molecule has 0 fully saturated rings. The number of rotatable bonds is 69. The smallest absolute Gasteiger partial charge is 0.462 e. The van der Waals surface area contributed by atoms with Crippen molar-refractivity contribution in [3.8, 4) is 0 Å². The summed E-state index contributed by atoms with van der Waals surface area (Å²) in [6.45, 7) is 4.63. The molecule has 5 unspecified atom stereocenters. The Morgan fingerprint density at radius 1 is 0.309 bits per heavy atom. The van der Waals surface area contributed by atoms with Crippen LogP contribution in [0, 0.1) is 0 Å². The van der Waals surface area contributed by atoms with Gasteiger partial charge in [0.25, 0.3) is 0 Å². The van der Waals surface area contributed by atoms with Gasteiger partial charge in [-0.2, -0.15) is 0 Å². The highest BCUT2D eigenvalue weighted by atomic mass is 31.2. The minimum absolute atomic E-state index is 0.0755. The lowest BCUT2D eigenvalue weighted by atomic mass is 10.1. The van der Waals surface area contributed by atoms with E-state index in [2.05, 4.69) is 113 Å². The normalized spacial score (nSPS) is 14.5. The predicted octanol–water partition coefficient (Wildman–Crippen LogP) is 20.7. The summed E-state index contributed by atoms with van der Waals surface area (Å²) in [5.41, 5.74) is 0. The number of carbonyl (C=O) groups is 4. The zero-order valence-electron chi connectivity index (χ0n) is 59.1. The van der Waals surface area contributed by atoms with Gasteiger partial charge in [-0.05, 0) is 135 Å². The van der Waals surface area contributed by atoms with Gasteiger partial charge in [0.15, 0.2) is 12.2 Å². The fourth-order valence-electron chi connectivity index (χ4n) is 9.65. The van der Waals surface area contributed by atoms with Crippen LogP contribution in [0.5, 0.6) is 0 Å². The average Bonchev–Trinajstić information content (AvgIpc) is 1.36. The molecular formula is C75H132O17P2. The van der Waals surface area contributed by atoms with E-state index in [0.29, 0.717) is 25.7 Å². The summed E-state index contributed by atoms with van der Waals surface area (Å²) < 4.78 is 68.3. The number of phosphoric acid groups is 2. The highest BCUT2D eigenvalue weighted by Crippen LogP contribution is 2.45. The van der Waals surface area contributed by atoms with Gasteiger partial charge in [-0.15, -0.1) is 0 Å². The summed E-state index contributed by atoms with van der Waals surface area (Å²) in [7, 11) is -9.95. The van der Waals surface area contributed by atoms with E-state index in [1.165, 1.54) is 57.8 Å². The van der Waals surface area contributed by atoms with E-state index in [1.54, 1.807) is 0 Å². The molecule has 0 aliphatic carbocycles. The number of carbonyl (C=O) groups excluding carboxylic acids is 4. The van der Waals surface area contributed by atoms with Crippen LogP contribution in [0.3, 0.4) is 0 Å². The van der Waals surface area contributed by atoms with Crippen molar-refractivity contribution in [2.45, 2.75) is 329 Å². The molecule has 3 N–H and O–H groups in total. The summed E-state index contributed by atoms with van der Waals surface area (Å²) in [6.07, 6.45) is 67.3. The van der Waals surface area contributed by atoms with Crippen molar-refractivity contribution in [3.05, 3.63) is 85.1 Å². The average molecular weight is 1370 g/mol. The van der Waals surface area contributed by atoms with Gasteiger partial charge in [0.2, 0.25) is 0 Å². The van der Waals surface area contributed by atoms with Crippen LogP contribution in [-0.4, -0.2) is 96.7 Å². The molecule has 94 heavy (non-hydrogen) atoms. The molecule has 0 aromatic heterocycles. The third-order valence-electron chi connectivity index (χ3n) is 15.3. The number of unbranched alkanes of at least 4 members (excludes halogenated alkanes) is 29. The van der Waals surface area contributed by atoms with E-state index in [1.807, 2.05) is 0 Å². The summed E-state index contributed by atoms with van der Waals surface area (Å²) in [5, 5.41) is 10.6. The third-order valence-corrected chi connectivity index (χ3v) is 17.2. The quantitative estimate of drug-likeness (QED) is 0.0169. The van der Waals surface area contributed by atoms with Gasteiger partial charge in [-0.25, -0.2) is 9.13 Å². The lowest BCUT2D eigenvalue weighted by Crippen LogP contribution is -2.30. The van der Waals surface area contributed by atoms with Crippen LogP contribution < -0.4 is 0 Å². The molecule has 0 saturated carbocycles. The van der Waals surface area contributed by atoms with Gasteiger partial charge >= 0.3 is 39.5 Å². The Hall–Kier alpha value is -3.76. The number of hydrogen-bond donors (Lipinski definition) is 3. The van der Waals surface area contributed by atoms with Crippen LogP contribution in [0.1, 0.15) is 310 Å². The van der Waals surface area contributed by atoms with Gasteiger partial charge in [0.05, 0.1) is 26.4 Å². The second kappa shape index (κ2) is 67.8. The molecule has 0 saturated heterocycles. The van der Waals surface area contributed by atoms with Crippen LogP contribution in [0.4, 0.5) is 0 Å². The van der Waals surface area contributed by atoms with Crippen molar-refractivity contribution in [1.29, 1.82) is 0 Å². The van der Waals surface area contributed by atoms with Gasteiger partial charge in [-0.3, -0.25) is 37.3 Å².